The van der Waals surface area contributed by atoms with Crippen molar-refractivity contribution in [3.63, 3.8) is 0 Å². The summed E-state index contributed by atoms with van der Waals surface area (Å²) in [6, 6.07) is 3.79. The van der Waals surface area contributed by atoms with Crippen LogP contribution >= 0.6 is 15.9 Å². The van der Waals surface area contributed by atoms with Crippen molar-refractivity contribution in [1.29, 1.82) is 0 Å². The van der Waals surface area contributed by atoms with Crippen molar-refractivity contribution < 1.29 is 19.1 Å². The van der Waals surface area contributed by atoms with Crippen molar-refractivity contribution >= 4 is 33.7 Å². The number of halogens is 1. The van der Waals surface area contributed by atoms with Crippen LogP contribution in [0.5, 0.6) is 5.75 Å². The number of nitrogens with two attached hydrogens (primary N) is 1. The van der Waals surface area contributed by atoms with Crippen LogP contribution in [-0.4, -0.2) is 60.9 Å². The molecule has 172 valence electrons. The van der Waals surface area contributed by atoms with Gasteiger partial charge in [-0.3, -0.25) is 14.4 Å². The second kappa shape index (κ2) is 11.5. The second-order valence-electron chi connectivity index (χ2n) is 8.21. The average Bonchev–Trinajstić information content (AvgIpc) is 3.21. The van der Waals surface area contributed by atoms with Gasteiger partial charge in [0.25, 0.3) is 0 Å². The minimum atomic E-state index is -0.710. The van der Waals surface area contributed by atoms with Crippen LogP contribution in [0.25, 0.3) is 0 Å². The first-order valence-electron chi connectivity index (χ1n) is 10.6. The van der Waals surface area contributed by atoms with Gasteiger partial charge in [-0.15, -0.1) is 0 Å². The highest BCUT2D eigenvalue weighted by Crippen LogP contribution is 2.24. The molecule has 0 aliphatic carbocycles. The van der Waals surface area contributed by atoms with Crippen LogP contribution < -0.4 is 21.1 Å². The molecule has 1 heterocycles. The minimum Gasteiger partial charge on any atom is -0.496 e. The van der Waals surface area contributed by atoms with E-state index < -0.39 is 18.1 Å². The largest absolute Gasteiger partial charge is 0.496 e. The van der Waals surface area contributed by atoms with Crippen LogP contribution in [0.2, 0.25) is 0 Å². The van der Waals surface area contributed by atoms with E-state index in [0.29, 0.717) is 25.9 Å². The number of hydrogen-bond donors (Lipinski definition) is 3. The molecule has 1 aliphatic heterocycles. The van der Waals surface area contributed by atoms with Gasteiger partial charge in [-0.25, -0.2) is 0 Å². The molecule has 0 spiro atoms. The molecule has 1 saturated heterocycles. The Morgan fingerprint density at radius 3 is 2.61 bits per heavy atom. The van der Waals surface area contributed by atoms with Crippen LogP contribution in [-0.2, 0) is 20.8 Å². The molecule has 2 rings (SSSR count). The highest BCUT2D eigenvalue weighted by atomic mass is 79.9. The monoisotopic (exact) mass is 496 g/mol. The van der Waals surface area contributed by atoms with E-state index in [2.05, 4.69) is 26.6 Å². The highest BCUT2D eigenvalue weighted by Gasteiger charge is 2.38. The van der Waals surface area contributed by atoms with Gasteiger partial charge in [0.15, 0.2) is 0 Å². The molecule has 1 aromatic carbocycles. The third kappa shape index (κ3) is 6.67. The molecule has 0 radical (unpaired) electrons. The maximum Gasteiger partial charge on any atom is 0.246 e. The van der Waals surface area contributed by atoms with Crippen LogP contribution in [0.4, 0.5) is 0 Å². The number of nitrogens with zero attached hydrogens (tertiary/aromatic N) is 1. The van der Waals surface area contributed by atoms with E-state index in [9.17, 15) is 14.4 Å². The van der Waals surface area contributed by atoms with E-state index in [1.807, 2.05) is 32.0 Å². The van der Waals surface area contributed by atoms with Crippen molar-refractivity contribution in [2.24, 2.45) is 11.7 Å². The number of carbonyl (C=O) groups excluding carboxylic acids is 3. The number of carbonyl (C=O) groups is 3. The lowest BCUT2D eigenvalue weighted by Crippen LogP contribution is -2.57. The van der Waals surface area contributed by atoms with Crippen LogP contribution in [0, 0.1) is 5.92 Å². The fourth-order valence-corrected chi connectivity index (χ4v) is 4.07. The predicted molar refractivity (Wildman–Crippen MR) is 123 cm³/mol. The van der Waals surface area contributed by atoms with Gasteiger partial charge in [0.2, 0.25) is 17.7 Å². The average molecular weight is 497 g/mol. The molecular formula is C22H33BrN4O4. The fraction of sp³-hybridized carbons (Fsp3) is 0.591. The fourth-order valence-electron chi connectivity index (χ4n) is 3.66. The standard InChI is InChI=1S/C22H33BrN4O4/c1-13(2)19(26-20(28)14(3)24)22(30)27-11-5-6-17(27)21(29)25-10-9-15-12-16(23)7-8-18(15)31-4/h7-8,12-14,17,19H,5-6,9-11,24H2,1-4H3,(H,25,29)(H,26,28)/t14-,17-,19-/m0/s1. The van der Waals surface area contributed by atoms with Gasteiger partial charge in [-0.1, -0.05) is 29.8 Å². The summed E-state index contributed by atoms with van der Waals surface area (Å²) >= 11 is 3.45. The Hall–Kier alpha value is -2.13. The smallest absolute Gasteiger partial charge is 0.246 e. The summed E-state index contributed by atoms with van der Waals surface area (Å²) in [4.78, 5) is 39.6. The van der Waals surface area contributed by atoms with Crippen molar-refractivity contribution in [2.75, 3.05) is 20.2 Å². The lowest BCUT2D eigenvalue weighted by molar-refractivity contribution is -0.142. The highest BCUT2D eigenvalue weighted by molar-refractivity contribution is 9.10. The molecule has 9 heteroatoms. The van der Waals surface area contributed by atoms with Gasteiger partial charge in [-0.05, 0) is 55.9 Å². The quantitative estimate of drug-likeness (QED) is 0.480. The summed E-state index contributed by atoms with van der Waals surface area (Å²) in [5, 5.41) is 5.67. The summed E-state index contributed by atoms with van der Waals surface area (Å²) in [7, 11) is 1.61. The van der Waals surface area contributed by atoms with Gasteiger partial charge in [0, 0.05) is 17.6 Å². The predicted octanol–water partition coefficient (Wildman–Crippen LogP) is 1.60. The number of nitrogens with one attached hydrogen (secondary N) is 2. The molecule has 0 unspecified atom stereocenters. The molecule has 0 aromatic heterocycles. The maximum atomic E-state index is 13.1. The van der Waals surface area contributed by atoms with E-state index >= 15 is 0 Å². The van der Waals surface area contributed by atoms with Crippen molar-refractivity contribution in [1.82, 2.24) is 15.5 Å². The third-order valence-corrected chi connectivity index (χ3v) is 5.91. The summed E-state index contributed by atoms with van der Waals surface area (Å²) in [6.07, 6.45) is 1.95. The Bertz CT molecular complexity index is 800. The van der Waals surface area contributed by atoms with E-state index in [0.717, 1.165) is 22.2 Å². The number of benzene rings is 1. The topological polar surface area (TPSA) is 114 Å². The molecule has 4 N–H and O–H groups in total. The molecule has 0 bridgehead atoms. The summed E-state index contributed by atoms with van der Waals surface area (Å²) in [6.45, 7) is 6.22. The number of rotatable bonds is 9. The number of hydrogen-bond acceptors (Lipinski definition) is 5. The molecule has 31 heavy (non-hydrogen) atoms. The number of methoxy groups -OCH3 is 1. The zero-order valence-corrected chi connectivity index (χ0v) is 20.2. The first-order valence-corrected chi connectivity index (χ1v) is 11.4. The zero-order valence-electron chi connectivity index (χ0n) is 18.6. The van der Waals surface area contributed by atoms with E-state index in [-0.39, 0.29) is 23.6 Å². The van der Waals surface area contributed by atoms with Crippen LogP contribution in [0.1, 0.15) is 39.2 Å². The number of ether oxygens (including phenoxy) is 1. The van der Waals surface area contributed by atoms with E-state index in [4.69, 9.17) is 10.5 Å². The normalized spacial score (nSPS) is 17.9. The minimum absolute atomic E-state index is 0.122. The molecule has 1 fully saturated rings. The molecular weight excluding hydrogens is 464 g/mol. The van der Waals surface area contributed by atoms with Crippen LogP contribution in [0.15, 0.2) is 22.7 Å². The van der Waals surface area contributed by atoms with Crippen molar-refractivity contribution in [3.8, 4) is 5.75 Å². The molecule has 3 atom stereocenters. The van der Waals surface area contributed by atoms with Crippen molar-refractivity contribution in [3.05, 3.63) is 28.2 Å². The van der Waals surface area contributed by atoms with E-state index in [1.54, 1.807) is 18.9 Å². The molecule has 0 saturated carbocycles. The maximum absolute atomic E-state index is 13.1. The molecule has 3 amide bonds. The first kappa shape index (κ1) is 25.1. The van der Waals surface area contributed by atoms with Crippen LogP contribution in [0.3, 0.4) is 0 Å². The Balaban J connectivity index is 2.00. The Morgan fingerprint density at radius 1 is 1.29 bits per heavy atom. The molecule has 1 aliphatic rings. The number of likely N-dealkylation sites (tertiary alicyclic amines) is 1. The summed E-state index contributed by atoms with van der Waals surface area (Å²) in [5.41, 5.74) is 6.61. The Labute approximate surface area is 192 Å². The van der Waals surface area contributed by atoms with Gasteiger partial charge in [-0.2, -0.15) is 0 Å². The molecule has 1 aromatic rings. The number of amides is 3. The lowest BCUT2D eigenvalue weighted by atomic mass is 10.0. The van der Waals surface area contributed by atoms with Gasteiger partial charge in [0.1, 0.15) is 17.8 Å². The van der Waals surface area contributed by atoms with Gasteiger partial charge >= 0.3 is 0 Å². The SMILES string of the molecule is COc1ccc(Br)cc1CCNC(=O)[C@@H]1CCCN1C(=O)[C@@H](NC(=O)[C@H](C)N)C(C)C. The van der Waals surface area contributed by atoms with Gasteiger partial charge in [0.05, 0.1) is 13.2 Å². The van der Waals surface area contributed by atoms with E-state index in [1.165, 1.54) is 0 Å². The lowest BCUT2D eigenvalue weighted by Gasteiger charge is -2.30. The third-order valence-electron chi connectivity index (χ3n) is 5.42. The zero-order chi connectivity index (χ0) is 23.1. The Morgan fingerprint density at radius 2 is 2.00 bits per heavy atom. The summed E-state index contributed by atoms with van der Waals surface area (Å²) < 4.78 is 6.31. The Kier molecular flexibility index (Phi) is 9.31. The first-order chi connectivity index (χ1) is 14.6. The van der Waals surface area contributed by atoms with Gasteiger partial charge < -0.3 is 26.0 Å². The van der Waals surface area contributed by atoms with Crippen molar-refractivity contribution in [2.45, 2.75) is 58.2 Å². The summed E-state index contributed by atoms with van der Waals surface area (Å²) in [5.74, 6) is -0.158. The second-order valence-corrected chi connectivity index (χ2v) is 9.12. The molecule has 8 nitrogen and oxygen atoms in total.